The molecular formula is C18H32N4O2. The Bertz CT molecular complexity index is 442. The molecular weight excluding hydrogens is 304 g/mol. The highest BCUT2D eigenvalue weighted by Crippen LogP contribution is 2.25. The van der Waals surface area contributed by atoms with E-state index in [-0.39, 0.29) is 24.0 Å². The quantitative estimate of drug-likeness (QED) is 0.822. The van der Waals surface area contributed by atoms with E-state index in [1.165, 1.54) is 38.6 Å². The normalized spacial score (nSPS) is 27.8. The summed E-state index contributed by atoms with van der Waals surface area (Å²) in [5, 5.41) is 5.94. The summed E-state index contributed by atoms with van der Waals surface area (Å²) < 4.78 is 0. The SMILES string of the molecule is C[C@@H]1C(=O)NCCN1C(=O)NC1CCN(CC2CCCCC2)CC1. The minimum absolute atomic E-state index is 0.0568. The number of rotatable bonds is 3. The van der Waals surface area contributed by atoms with Crippen LogP contribution in [-0.4, -0.2) is 66.5 Å². The molecule has 136 valence electrons. The van der Waals surface area contributed by atoms with Gasteiger partial charge in [0.2, 0.25) is 5.91 Å². The molecule has 1 atom stereocenters. The van der Waals surface area contributed by atoms with Crippen molar-refractivity contribution in [1.82, 2.24) is 20.4 Å². The molecule has 0 unspecified atom stereocenters. The molecule has 0 spiro atoms. The molecule has 0 aromatic heterocycles. The van der Waals surface area contributed by atoms with Crippen molar-refractivity contribution < 1.29 is 9.59 Å². The van der Waals surface area contributed by atoms with E-state index in [2.05, 4.69) is 15.5 Å². The van der Waals surface area contributed by atoms with Crippen LogP contribution in [0, 0.1) is 5.92 Å². The van der Waals surface area contributed by atoms with E-state index in [0.29, 0.717) is 13.1 Å². The van der Waals surface area contributed by atoms with Gasteiger partial charge in [0, 0.05) is 38.8 Å². The van der Waals surface area contributed by atoms with Gasteiger partial charge in [-0.3, -0.25) is 4.79 Å². The van der Waals surface area contributed by atoms with Gasteiger partial charge in [-0.25, -0.2) is 4.79 Å². The molecule has 0 aromatic carbocycles. The Morgan fingerprint density at radius 2 is 1.83 bits per heavy atom. The highest BCUT2D eigenvalue weighted by atomic mass is 16.2. The van der Waals surface area contributed by atoms with Crippen molar-refractivity contribution in [2.24, 2.45) is 5.92 Å². The third-order valence-corrected chi connectivity index (χ3v) is 5.92. The van der Waals surface area contributed by atoms with Crippen molar-refractivity contribution in [2.75, 3.05) is 32.7 Å². The largest absolute Gasteiger partial charge is 0.353 e. The van der Waals surface area contributed by atoms with Crippen LogP contribution in [0.4, 0.5) is 4.79 Å². The lowest BCUT2D eigenvalue weighted by Gasteiger charge is -2.38. The Morgan fingerprint density at radius 3 is 2.54 bits per heavy atom. The predicted molar refractivity (Wildman–Crippen MR) is 93.7 cm³/mol. The molecule has 2 aliphatic heterocycles. The summed E-state index contributed by atoms with van der Waals surface area (Å²) in [7, 11) is 0. The molecule has 0 bridgehead atoms. The average molecular weight is 336 g/mol. The fourth-order valence-electron chi connectivity index (χ4n) is 4.31. The van der Waals surface area contributed by atoms with Gasteiger partial charge in [0.05, 0.1) is 0 Å². The maximum absolute atomic E-state index is 12.4. The Morgan fingerprint density at radius 1 is 1.12 bits per heavy atom. The van der Waals surface area contributed by atoms with Crippen LogP contribution in [0.5, 0.6) is 0 Å². The third-order valence-electron chi connectivity index (χ3n) is 5.92. The molecule has 3 fully saturated rings. The maximum atomic E-state index is 12.4. The first-order chi connectivity index (χ1) is 11.6. The van der Waals surface area contributed by atoms with Crippen molar-refractivity contribution in [2.45, 2.75) is 64.0 Å². The van der Waals surface area contributed by atoms with Crippen LogP contribution in [0.1, 0.15) is 51.9 Å². The number of carbonyl (C=O) groups is 2. The zero-order valence-electron chi connectivity index (χ0n) is 14.9. The van der Waals surface area contributed by atoms with Gasteiger partial charge >= 0.3 is 6.03 Å². The number of nitrogens with zero attached hydrogens (tertiary/aromatic N) is 2. The second-order valence-electron chi connectivity index (χ2n) is 7.69. The molecule has 24 heavy (non-hydrogen) atoms. The van der Waals surface area contributed by atoms with E-state index in [1.54, 1.807) is 11.8 Å². The molecule has 6 heteroatoms. The summed E-state index contributed by atoms with van der Waals surface area (Å²) in [6.07, 6.45) is 9.05. The highest BCUT2D eigenvalue weighted by molar-refractivity contribution is 5.87. The molecule has 3 amide bonds. The van der Waals surface area contributed by atoms with E-state index < -0.39 is 0 Å². The molecule has 2 heterocycles. The second kappa shape index (κ2) is 8.19. The Labute approximate surface area is 145 Å². The van der Waals surface area contributed by atoms with Gasteiger partial charge in [0.25, 0.3) is 0 Å². The smallest absolute Gasteiger partial charge is 0.318 e. The standard InChI is InChI=1S/C18H32N4O2/c1-14-17(23)19-9-12-22(14)18(24)20-16-7-10-21(11-8-16)13-15-5-3-2-4-6-15/h14-16H,2-13H2,1H3,(H,19,23)(H,20,24)/t14-/m1/s1. The van der Waals surface area contributed by atoms with E-state index in [0.717, 1.165) is 31.8 Å². The number of carbonyl (C=O) groups excluding carboxylic acids is 2. The number of amides is 3. The fraction of sp³-hybridized carbons (Fsp3) is 0.889. The fourth-order valence-corrected chi connectivity index (χ4v) is 4.31. The van der Waals surface area contributed by atoms with Crippen molar-refractivity contribution in [3.8, 4) is 0 Å². The lowest BCUT2D eigenvalue weighted by Crippen LogP contribution is -2.60. The Balaban J connectivity index is 1.40. The van der Waals surface area contributed by atoms with Gasteiger partial charge in [0.15, 0.2) is 0 Å². The van der Waals surface area contributed by atoms with E-state index in [1.807, 2.05) is 0 Å². The first kappa shape index (κ1) is 17.5. The van der Waals surface area contributed by atoms with Crippen LogP contribution in [-0.2, 0) is 4.79 Å². The molecule has 0 radical (unpaired) electrons. The number of hydrogen-bond acceptors (Lipinski definition) is 3. The molecule has 3 aliphatic rings. The summed E-state index contributed by atoms with van der Waals surface area (Å²) in [6.45, 7) is 6.34. The first-order valence-corrected chi connectivity index (χ1v) is 9.70. The number of piperazine rings is 1. The molecule has 1 aliphatic carbocycles. The van der Waals surface area contributed by atoms with Gasteiger partial charge in [-0.2, -0.15) is 0 Å². The monoisotopic (exact) mass is 336 g/mol. The first-order valence-electron chi connectivity index (χ1n) is 9.70. The second-order valence-corrected chi connectivity index (χ2v) is 7.69. The topological polar surface area (TPSA) is 64.7 Å². The molecule has 0 aromatic rings. The summed E-state index contributed by atoms with van der Waals surface area (Å²) in [5.74, 6) is 0.830. The zero-order valence-corrected chi connectivity index (χ0v) is 14.9. The Kier molecular flexibility index (Phi) is 5.98. The van der Waals surface area contributed by atoms with Crippen molar-refractivity contribution in [3.05, 3.63) is 0 Å². The summed E-state index contributed by atoms with van der Waals surface area (Å²) >= 11 is 0. The summed E-state index contributed by atoms with van der Waals surface area (Å²) in [6, 6.07) is -0.203. The van der Waals surface area contributed by atoms with Gasteiger partial charge in [0.1, 0.15) is 6.04 Å². The average Bonchev–Trinajstić information content (AvgIpc) is 2.60. The van der Waals surface area contributed by atoms with Crippen molar-refractivity contribution in [1.29, 1.82) is 0 Å². The van der Waals surface area contributed by atoms with Gasteiger partial charge in [-0.15, -0.1) is 0 Å². The van der Waals surface area contributed by atoms with E-state index in [4.69, 9.17) is 0 Å². The van der Waals surface area contributed by atoms with Crippen molar-refractivity contribution >= 4 is 11.9 Å². The molecule has 3 rings (SSSR count). The van der Waals surface area contributed by atoms with Crippen LogP contribution in [0.25, 0.3) is 0 Å². The number of urea groups is 1. The molecule has 6 nitrogen and oxygen atoms in total. The lowest BCUT2D eigenvalue weighted by molar-refractivity contribution is -0.126. The molecule has 2 saturated heterocycles. The minimum atomic E-state index is -0.370. The summed E-state index contributed by atoms with van der Waals surface area (Å²) in [5.41, 5.74) is 0. The number of hydrogen-bond donors (Lipinski definition) is 2. The Hall–Kier alpha value is -1.30. The van der Waals surface area contributed by atoms with Crippen LogP contribution in [0.3, 0.4) is 0 Å². The van der Waals surface area contributed by atoms with Crippen molar-refractivity contribution in [3.63, 3.8) is 0 Å². The maximum Gasteiger partial charge on any atom is 0.318 e. The van der Waals surface area contributed by atoms with Gasteiger partial charge < -0.3 is 20.4 Å². The predicted octanol–water partition coefficient (Wildman–Crippen LogP) is 1.56. The van der Waals surface area contributed by atoms with Gasteiger partial charge in [-0.1, -0.05) is 19.3 Å². The van der Waals surface area contributed by atoms with Crippen LogP contribution >= 0.6 is 0 Å². The van der Waals surface area contributed by atoms with Crippen LogP contribution in [0.15, 0.2) is 0 Å². The van der Waals surface area contributed by atoms with E-state index >= 15 is 0 Å². The van der Waals surface area contributed by atoms with Crippen LogP contribution in [0.2, 0.25) is 0 Å². The summed E-state index contributed by atoms with van der Waals surface area (Å²) in [4.78, 5) is 28.4. The third kappa shape index (κ3) is 4.41. The highest BCUT2D eigenvalue weighted by Gasteiger charge is 2.31. The number of piperidine rings is 1. The molecule has 2 N–H and O–H groups in total. The number of nitrogens with one attached hydrogen (secondary N) is 2. The zero-order chi connectivity index (χ0) is 16.9. The van der Waals surface area contributed by atoms with Gasteiger partial charge in [-0.05, 0) is 38.5 Å². The minimum Gasteiger partial charge on any atom is -0.353 e. The number of likely N-dealkylation sites (tertiary alicyclic amines) is 1. The molecule has 1 saturated carbocycles. The van der Waals surface area contributed by atoms with Crippen LogP contribution < -0.4 is 10.6 Å². The lowest BCUT2D eigenvalue weighted by atomic mass is 9.88. The van der Waals surface area contributed by atoms with E-state index in [9.17, 15) is 9.59 Å².